The van der Waals surface area contributed by atoms with E-state index in [1.807, 2.05) is 24.3 Å². The highest BCUT2D eigenvalue weighted by Gasteiger charge is 2.29. The standard InChI is InChI=1S/C25H30N2O5S/c1-26(21-10-3-2-4-11-21)24(28)18-32-25(29)20-13-15-22(16-14-20)33(30,31)27-17-7-9-19-8-5-6-12-23(19)27/h5-6,8,12-16,21H,2-4,7,9-11,17-18H2,1H3. The number of hydrogen-bond donors (Lipinski definition) is 0. The summed E-state index contributed by atoms with van der Waals surface area (Å²) >= 11 is 0. The van der Waals surface area contributed by atoms with Crippen LogP contribution in [0.4, 0.5) is 5.69 Å². The van der Waals surface area contributed by atoms with Crippen molar-refractivity contribution in [1.82, 2.24) is 4.90 Å². The lowest BCUT2D eigenvalue weighted by atomic mass is 9.94. The molecule has 8 heteroatoms. The Morgan fingerprint density at radius 1 is 1.00 bits per heavy atom. The molecule has 2 aromatic rings. The Hall–Kier alpha value is -2.87. The van der Waals surface area contributed by atoms with Crippen LogP contribution in [-0.4, -0.2) is 51.4 Å². The third-order valence-corrected chi connectivity index (χ3v) is 8.42. The van der Waals surface area contributed by atoms with Gasteiger partial charge in [0, 0.05) is 19.6 Å². The molecule has 33 heavy (non-hydrogen) atoms. The molecule has 0 atom stereocenters. The number of carbonyl (C=O) groups is 2. The van der Waals surface area contributed by atoms with Crippen molar-refractivity contribution < 1.29 is 22.7 Å². The van der Waals surface area contributed by atoms with E-state index in [1.165, 1.54) is 35.0 Å². The molecule has 4 rings (SSSR count). The number of benzene rings is 2. The van der Waals surface area contributed by atoms with Gasteiger partial charge in [0.25, 0.3) is 15.9 Å². The van der Waals surface area contributed by atoms with E-state index in [1.54, 1.807) is 11.9 Å². The predicted molar refractivity (Wildman–Crippen MR) is 126 cm³/mol. The first kappa shape index (κ1) is 23.3. The number of hydrogen-bond acceptors (Lipinski definition) is 5. The molecule has 0 saturated heterocycles. The molecular formula is C25H30N2O5S. The molecule has 1 heterocycles. The number of rotatable bonds is 6. The second kappa shape index (κ2) is 9.95. The summed E-state index contributed by atoms with van der Waals surface area (Å²) in [6.07, 6.45) is 6.98. The Morgan fingerprint density at radius 2 is 1.70 bits per heavy atom. The second-order valence-electron chi connectivity index (χ2n) is 8.71. The molecule has 176 valence electrons. The number of carbonyl (C=O) groups excluding carboxylic acids is 2. The Balaban J connectivity index is 1.40. The quantitative estimate of drug-likeness (QED) is 0.600. The van der Waals surface area contributed by atoms with Crippen molar-refractivity contribution in [3.05, 3.63) is 59.7 Å². The first-order valence-electron chi connectivity index (χ1n) is 11.5. The number of aryl methyl sites for hydroxylation is 1. The number of para-hydroxylation sites is 1. The Bertz CT molecular complexity index is 1110. The van der Waals surface area contributed by atoms with Crippen LogP contribution in [-0.2, 0) is 26.0 Å². The van der Waals surface area contributed by atoms with Gasteiger partial charge in [0.2, 0.25) is 0 Å². The smallest absolute Gasteiger partial charge is 0.338 e. The predicted octanol–water partition coefficient (Wildman–Crippen LogP) is 3.78. The molecule has 1 aliphatic carbocycles. The number of sulfonamides is 1. The average Bonchev–Trinajstić information content (AvgIpc) is 2.86. The zero-order valence-electron chi connectivity index (χ0n) is 18.9. The lowest BCUT2D eigenvalue weighted by Crippen LogP contribution is -2.40. The van der Waals surface area contributed by atoms with Crippen LogP contribution < -0.4 is 4.31 Å². The zero-order chi connectivity index (χ0) is 23.4. The van der Waals surface area contributed by atoms with Gasteiger partial charge in [0.15, 0.2) is 6.61 Å². The van der Waals surface area contributed by atoms with Gasteiger partial charge >= 0.3 is 5.97 Å². The topological polar surface area (TPSA) is 84.0 Å². The van der Waals surface area contributed by atoms with Crippen molar-refractivity contribution in [2.75, 3.05) is 24.5 Å². The van der Waals surface area contributed by atoms with Crippen molar-refractivity contribution in [2.24, 2.45) is 0 Å². The molecule has 1 saturated carbocycles. The lowest BCUT2D eigenvalue weighted by Gasteiger charge is -2.31. The van der Waals surface area contributed by atoms with Crippen molar-refractivity contribution in [3.63, 3.8) is 0 Å². The molecule has 1 amide bonds. The van der Waals surface area contributed by atoms with Crippen LogP contribution in [0.1, 0.15) is 54.4 Å². The maximum absolute atomic E-state index is 13.2. The highest BCUT2D eigenvalue weighted by atomic mass is 32.2. The molecule has 0 unspecified atom stereocenters. The Morgan fingerprint density at radius 3 is 2.42 bits per heavy atom. The summed E-state index contributed by atoms with van der Waals surface area (Å²) in [5.41, 5.74) is 1.92. The first-order chi connectivity index (χ1) is 15.9. The van der Waals surface area contributed by atoms with E-state index in [-0.39, 0.29) is 29.0 Å². The monoisotopic (exact) mass is 470 g/mol. The fourth-order valence-corrected chi connectivity index (χ4v) is 6.16. The fraction of sp³-hybridized carbons (Fsp3) is 0.440. The summed E-state index contributed by atoms with van der Waals surface area (Å²) < 4.78 is 33.1. The molecule has 2 aliphatic rings. The Labute approximate surface area is 195 Å². The van der Waals surface area contributed by atoms with Crippen LogP contribution >= 0.6 is 0 Å². The van der Waals surface area contributed by atoms with Crippen molar-refractivity contribution in [1.29, 1.82) is 0 Å². The van der Waals surface area contributed by atoms with E-state index in [4.69, 9.17) is 4.74 Å². The summed E-state index contributed by atoms with van der Waals surface area (Å²) in [7, 11) is -1.99. The van der Waals surface area contributed by atoms with Crippen LogP contribution in [0, 0.1) is 0 Å². The molecule has 0 aromatic heterocycles. The van der Waals surface area contributed by atoms with Crippen LogP contribution in [0.5, 0.6) is 0 Å². The van der Waals surface area contributed by atoms with E-state index in [0.29, 0.717) is 12.2 Å². The van der Waals surface area contributed by atoms with Gasteiger partial charge in [-0.25, -0.2) is 13.2 Å². The maximum atomic E-state index is 13.2. The Kier molecular flexibility index (Phi) is 7.02. The fourth-order valence-electron chi connectivity index (χ4n) is 4.62. The number of anilines is 1. The van der Waals surface area contributed by atoms with Gasteiger partial charge in [-0.1, -0.05) is 37.5 Å². The summed E-state index contributed by atoms with van der Waals surface area (Å²) in [4.78, 5) is 26.6. The third-order valence-electron chi connectivity index (χ3n) is 6.59. The number of likely N-dealkylation sites (N-methyl/N-ethyl adjacent to an activating group) is 1. The lowest BCUT2D eigenvalue weighted by molar-refractivity contribution is -0.135. The highest BCUT2D eigenvalue weighted by molar-refractivity contribution is 7.92. The summed E-state index contributed by atoms with van der Waals surface area (Å²) in [5.74, 6) is -0.870. The van der Waals surface area contributed by atoms with Crippen molar-refractivity contribution >= 4 is 27.6 Å². The third kappa shape index (κ3) is 5.05. The molecule has 1 aliphatic heterocycles. The van der Waals surface area contributed by atoms with Crippen molar-refractivity contribution in [3.8, 4) is 0 Å². The molecule has 0 N–H and O–H groups in total. The maximum Gasteiger partial charge on any atom is 0.338 e. The number of fused-ring (bicyclic) bond motifs is 1. The van der Waals surface area contributed by atoms with Crippen LogP contribution in [0.25, 0.3) is 0 Å². The minimum Gasteiger partial charge on any atom is -0.452 e. The molecule has 0 spiro atoms. The van der Waals surface area contributed by atoms with Gasteiger partial charge < -0.3 is 9.64 Å². The summed E-state index contributed by atoms with van der Waals surface area (Å²) in [6, 6.07) is 13.4. The molecule has 1 fully saturated rings. The number of nitrogens with zero attached hydrogens (tertiary/aromatic N) is 2. The van der Waals surface area contributed by atoms with E-state index < -0.39 is 16.0 Å². The van der Waals surface area contributed by atoms with E-state index in [2.05, 4.69) is 0 Å². The normalized spacial score (nSPS) is 16.7. The summed E-state index contributed by atoms with van der Waals surface area (Å²) in [6.45, 7) is 0.0935. The number of esters is 1. The number of amides is 1. The number of ether oxygens (including phenoxy) is 1. The average molecular weight is 471 g/mol. The van der Waals surface area contributed by atoms with Gasteiger partial charge in [-0.15, -0.1) is 0 Å². The molecular weight excluding hydrogens is 440 g/mol. The van der Waals surface area contributed by atoms with E-state index in [9.17, 15) is 18.0 Å². The van der Waals surface area contributed by atoms with Gasteiger partial charge in [-0.05, 0) is 61.6 Å². The van der Waals surface area contributed by atoms with E-state index >= 15 is 0 Å². The zero-order valence-corrected chi connectivity index (χ0v) is 19.7. The van der Waals surface area contributed by atoms with E-state index in [0.717, 1.165) is 44.1 Å². The van der Waals surface area contributed by atoms with Gasteiger partial charge in [0.1, 0.15) is 0 Å². The van der Waals surface area contributed by atoms with Gasteiger partial charge in [0.05, 0.1) is 16.1 Å². The molecule has 0 bridgehead atoms. The van der Waals surface area contributed by atoms with Crippen molar-refractivity contribution in [2.45, 2.75) is 55.9 Å². The minimum absolute atomic E-state index is 0.115. The molecule has 0 radical (unpaired) electrons. The van der Waals surface area contributed by atoms with Crippen LogP contribution in [0.2, 0.25) is 0 Å². The molecule has 7 nitrogen and oxygen atoms in total. The van der Waals surface area contributed by atoms with Gasteiger partial charge in [-0.2, -0.15) is 0 Å². The van der Waals surface area contributed by atoms with Crippen LogP contribution in [0.15, 0.2) is 53.4 Å². The first-order valence-corrected chi connectivity index (χ1v) is 13.0. The van der Waals surface area contributed by atoms with Gasteiger partial charge in [-0.3, -0.25) is 9.10 Å². The largest absolute Gasteiger partial charge is 0.452 e. The second-order valence-corrected chi connectivity index (χ2v) is 10.6. The SMILES string of the molecule is CN(C(=O)COC(=O)c1ccc(S(=O)(=O)N2CCCc3ccccc32)cc1)C1CCCCC1. The highest BCUT2D eigenvalue weighted by Crippen LogP contribution is 2.31. The summed E-state index contributed by atoms with van der Waals surface area (Å²) in [5, 5.41) is 0. The van der Waals surface area contributed by atoms with Crippen LogP contribution in [0.3, 0.4) is 0 Å². The minimum atomic E-state index is -3.75. The molecule has 2 aromatic carbocycles.